The lowest BCUT2D eigenvalue weighted by molar-refractivity contribution is 0.216. The molecule has 0 amide bonds. The summed E-state index contributed by atoms with van der Waals surface area (Å²) in [5.41, 5.74) is 5.33. The molecule has 0 radical (unpaired) electrons. The van der Waals surface area contributed by atoms with Gasteiger partial charge in [0.2, 0.25) is 0 Å². The summed E-state index contributed by atoms with van der Waals surface area (Å²) >= 11 is 1.47. The van der Waals surface area contributed by atoms with Crippen LogP contribution in [0.15, 0.2) is 65.3 Å². The summed E-state index contributed by atoms with van der Waals surface area (Å²) in [6.07, 6.45) is 4.26. The fraction of sp³-hybridized carbons (Fsp3) is 0.238. The Kier molecular flexibility index (Phi) is 6.19. The lowest BCUT2D eigenvalue weighted by Crippen LogP contribution is -2.42. The van der Waals surface area contributed by atoms with Crippen molar-refractivity contribution in [3.8, 4) is 0 Å². The van der Waals surface area contributed by atoms with E-state index in [4.69, 9.17) is 9.15 Å². The van der Waals surface area contributed by atoms with Crippen molar-refractivity contribution in [2.75, 3.05) is 13.2 Å². The van der Waals surface area contributed by atoms with Crippen molar-refractivity contribution in [2.24, 2.45) is 0 Å². The summed E-state index contributed by atoms with van der Waals surface area (Å²) in [7, 11) is -1.46. The number of benzene rings is 2. The second-order valence-electron chi connectivity index (χ2n) is 6.83. The fourth-order valence-electron chi connectivity index (χ4n) is 3.32. The molecule has 1 atom stereocenters. The molecule has 0 bridgehead atoms. The van der Waals surface area contributed by atoms with Gasteiger partial charge in [-0.25, -0.2) is 0 Å². The van der Waals surface area contributed by atoms with E-state index in [-0.39, 0.29) is 0 Å². The largest absolute Gasteiger partial charge is 0.470 e. The van der Waals surface area contributed by atoms with E-state index < -0.39 is 13.1 Å². The minimum Gasteiger partial charge on any atom is -0.464 e. The maximum absolute atomic E-state index is 9.80. The van der Waals surface area contributed by atoms with Crippen LogP contribution in [0.5, 0.6) is 0 Å². The van der Waals surface area contributed by atoms with Crippen LogP contribution in [0.4, 0.5) is 0 Å². The third kappa shape index (κ3) is 4.51. The first-order chi connectivity index (χ1) is 13.7. The molecule has 3 N–H and O–H groups in total. The molecule has 0 fully saturated rings. The predicted octanol–water partition coefficient (Wildman–Crippen LogP) is 3.21. The first-order valence-electron chi connectivity index (χ1n) is 9.25. The van der Waals surface area contributed by atoms with E-state index in [1.807, 2.05) is 30.3 Å². The SMILES string of the molecule is OB(O)C(Cc1coc2ccccc12)NSCc1cccc(C2=CCOC2)c1. The van der Waals surface area contributed by atoms with Crippen molar-refractivity contribution in [3.05, 3.63) is 77.6 Å². The van der Waals surface area contributed by atoms with Gasteiger partial charge in [0, 0.05) is 11.1 Å². The Morgan fingerprint density at radius 1 is 1.14 bits per heavy atom. The number of furan rings is 1. The molecule has 0 aliphatic carbocycles. The van der Waals surface area contributed by atoms with Crippen LogP contribution in [0, 0.1) is 0 Å². The van der Waals surface area contributed by atoms with E-state index in [9.17, 15) is 10.0 Å². The second kappa shape index (κ2) is 8.98. The smallest absolute Gasteiger partial charge is 0.464 e. The molecule has 1 unspecified atom stereocenters. The number of hydrogen-bond donors (Lipinski definition) is 3. The molecule has 5 nitrogen and oxygen atoms in total. The zero-order valence-corrected chi connectivity index (χ0v) is 16.2. The molecule has 144 valence electrons. The maximum atomic E-state index is 9.80. The molecule has 7 heteroatoms. The van der Waals surface area contributed by atoms with Crippen LogP contribution < -0.4 is 4.72 Å². The highest BCUT2D eigenvalue weighted by Gasteiger charge is 2.25. The summed E-state index contributed by atoms with van der Waals surface area (Å²) in [6, 6.07) is 16.1. The Morgan fingerprint density at radius 3 is 2.86 bits per heavy atom. The Balaban J connectivity index is 1.37. The van der Waals surface area contributed by atoms with Crippen molar-refractivity contribution in [1.29, 1.82) is 0 Å². The van der Waals surface area contributed by atoms with Crippen LogP contribution in [0.1, 0.15) is 16.7 Å². The normalized spacial score (nSPS) is 15.0. The summed E-state index contributed by atoms with van der Waals surface area (Å²) in [5.74, 6) is 0.220. The Hall–Kier alpha value is -2.03. The van der Waals surface area contributed by atoms with Gasteiger partial charge in [-0.1, -0.05) is 60.5 Å². The minimum atomic E-state index is -1.46. The zero-order valence-electron chi connectivity index (χ0n) is 15.4. The Labute approximate surface area is 168 Å². The fourth-order valence-corrected chi connectivity index (χ4v) is 4.17. The van der Waals surface area contributed by atoms with Gasteiger partial charge in [0.1, 0.15) is 5.58 Å². The average molecular weight is 395 g/mol. The van der Waals surface area contributed by atoms with Crippen molar-refractivity contribution < 1.29 is 19.2 Å². The van der Waals surface area contributed by atoms with Gasteiger partial charge in [0.05, 0.1) is 25.4 Å². The molecule has 0 spiro atoms. The first-order valence-corrected chi connectivity index (χ1v) is 10.2. The highest BCUT2D eigenvalue weighted by molar-refractivity contribution is 7.96. The van der Waals surface area contributed by atoms with E-state index in [0.717, 1.165) is 22.3 Å². The molecule has 3 aromatic rings. The highest BCUT2D eigenvalue weighted by atomic mass is 32.2. The molecule has 0 saturated carbocycles. The molecule has 2 heterocycles. The topological polar surface area (TPSA) is 74.9 Å². The molecular weight excluding hydrogens is 373 g/mol. The van der Waals surface area contributed by atoms with Gasteiger partial charge < -0.3 is 19.2 Å². The molecule has 0 saturated heterocycles. The highest BCUT2D eigenvalue weighted by Crippen LogP contribution is 2.24. The monoisotopic (exact) mass is 395 g/mol. The van der Waals surface area contributed by atoms with Gasteiger partial charge in [-0.15, -0.1) is 0 Å². The average Bonchev–Trinajstić information content (AvgIpc) is 3.38. The summed E-state index contributed by atoms with van der Waals surface area (Å²) < 4.78 is 14.1. The van der Waals surface area contributed by atoms with Crippen LogP contribution >= 0.6 is 11.9 Å². The Morgan fingerprint density at radius 2 is 2.04 bits per heavy atom. The van der Waals surface area contributed by atoms with Gasteiger partial charge in [0.25, 0.3) is 0 Å². The molecule has 4 rings (SSSR count). The van der Waals surface area contributed by atoms with Crippen molar-refractivity contribution in [2.45, 2.75) is 18.1 Å². The predicted molar refractivity (Wildman–Crippen MR) is 114 cm³/mol. The van der Waals surface area contributed by atoms with E-state index in [1.54, 1.807) is 6.26 Å². The lowest BCUT2D eigenvalue weighted by atomic mass is 9.77. The number of fused-ring (bicyclic) bond motifs is 1. The number of hydrogen-bond acceptors (Lipinski definition) is 6. The third-order valence-electron chi connectivity index (χ3n) is 4.84. The molecule has 2 aromatic carbocycles. The Bertz CT molecular complexity index is 972. The molecule has 1 aliphatic heterocycles. The quantitative estimate of drug-likeness (QED) is 0.402. The van der Waals surface area contributed by atoms with Gasteiger partial charge in [-0.3, -0.25) is 4.72 Å². The number of para-hydroxylation sites is 1. The lowest BCUT2D eigenvalue weighted by Gasteiger charge is -2.16. The standard InChI is InChI=1S/C21H22BNO4S/c24-22(25)21(11-18-13-27-20-7-2-1-6-19(18)20)23-28-14-15-4-3-5-16(10-15)17-8-9-26-12-17/h1-8,10,13,21,23-25H,9,11-12,14H2. The summed E-state index contributed by atoms with van der Waals surface area (Å²) in [6.45, 7) is 1.33. The summed E-state index contributed by atoms with van der Waals surface area (Å²) in [5, 5.41) is 20.6. The van der Waals surface area contributed by atoms with Gasteiger partial charge in [-0.05, 0) is 34.8 Å². The molecule has 1 aliphatic rings. The van der Waals surface area contributed by atoms with E-state index in [0.29, 0.717) is 19.6 Å². The van der Waals surface area contributed by atoms with Gasteiger partial charge in [0.15, 0.2) is 0 Å². The van der Waals surface area contributed by atoms with Crippen LogP contribution in [0.2, 0.25) is 0 Å². The molecular formula is C21H22BNO4S. The summed E-state index contributed by atoms with van der Waals surface area (Å²) in [4.78, 5) is 0. The van der Waals surface area contributed by atoms with Crippen molar-refractivity contribution >= 4 is 35.6 Å². The van der Waals surface area contributed by atoms with Crippen LogP contribution in [-0.2, 0) is 16.9 Å². The number of nitrogens with one attached hydrogen (secondary N) is 1. The van der Waals surface area contributed by atoms with E-state index >= 15 is 0 Å². The van der Waals surface area contributed by atoms with Gasteiger partial charge >= 0.3 is 7.12 Å². The van der Waals surface area contributed by atoms with Crippen molar-refractivity contribution in [3.63, 3.8) is 0 Å². The zero-order chi connectivity index (χ0) is 19.3. The molecule has 1 aromatic heterocycles. The van der Waals surface area contributed by atoms with Crippen molar-refractivity contribution in [1.82, 2.24) is 4.72 Å². The first kappa shape index (κ1) is 19.3. The third-order valence-corrected chi connectivity index (χ3v) is 5.78. The maximum Gasteiger partial charge on any atom is 0.470 e. The van der Waals surface area contributed by atoms with Crippen LogP contribution in [-0.4, -0.2) is 36.3 Å². The van der Waals surface area contributed by atoms with Crippen LogP contribution in [0.3, 0.4) is 0 Å². The molecule has 28 heavy (non-hydrogen) atoms. The number of ether oxygens (including phenoxy) is 1. The van der Waals surface area contributed by atoms with Gasteiger partial charge in [-0.2, -0.15) is 0 Å². The minimum absolute atomic E-state index is 0.464. The number of rotatable bonds is 8. The second-order valence-corrected chi connectivity index (χ2v) is 7.65. The van der Waals surface area contributed by atoms with Crippen LogP contribution in [0.25, 0.3) is 16.5 Å². The van der Waals surface area contributed by atoms with E-state index in [2.05, 4.69) is 29.0 Å². The van der Waals surface area contributed by atoms with E-state index in [1.165, 1.54) is 28.6 Å².